The zero-order chi connectivity index (χ0) is 11.8. The second-order valence-corrected chi connectivity index (χ2v) is 5.00. The number of hydrogen-bond acceptors (Lipinski definition) is 3. The van der Waals surface area contributed by atoms with Crippen molar-refractivity contribution in [3.8, 4) is 0 Å². The van der Waals surface area contributed by atoms with Crippen LogP contribution >= 0.6 is 0 Å². The maximum atomic E-state index is 9.11. The molecule has 1 fully saturated rings. The Labute approximate surface area is 99.1 Å². The third kappa shape index (κ3) is 5.28. The van der Waals surface area contributed by atoms with Crippen molar-refractivity contribution < 1.29 is 14.6 Å². The first-order valence-electron chi connectivity index (χ1n) is 6.56. The lowest BCUT2D eigenvalue weighted by Gasteiger charge is -2.19. The molecule has 1 heterocycles. The summed E-state index contributed by atoms with van der Waals surface area (Å²) in [6.07, 6.45) is 4.44. The molecule has 1 N–H and O–H groups in total. The molecule has 1 aliphatic rings. The van der Waals surface area contributed by atoms with Gasteiger partial charge in [0.1, 0.15) is 0 Å². The average Bonchev–Trinajstić information content (AvgIpc) is 2.76. The van der Waals surface area contributed by atoms with Gasteiger partial charge in [0.2, 0.25) is 0 Å². The summed E-state index contributed by atoms with van der Waals surface area (Å²) in [5.41, 5.74) is 0. The van der Waals surface area contributed by atoms with Crippen LogP contribution in [-0.2, 0) is 9.47 Å². The smallest absolute Gasteiger partial charge is 0.0805 e. The van der Waals surface area contributed by atoms with Gasteiger partial charge in [-0.1, -0.05) is 20.3 Å². The molecule has 1 aliphatic heterocycles. The Hall–Kier alpha value is -0.120. The summed E-state index contributed by atoms with van der Waals surface area (Å²) < 4.78 is 11.1. The van der Waals surface area contributed by atoms with Crippen LogP contribution in [-0.4, -0.2) is 37.6 Å². The summed E-state index contributed by atoms with van der Waals surface area (Å²) in [5, 5.41) is 9.11. The summed E-state index contributed by atoms with van der Waals surface area (Å²) in [6.45, 7) is 7.09. The van der Waals surface area contributed by atoms with Crippen molar-refractivity contribution in [3.05, 3.63) is 0 Å². The van der Waals surface area contributed by atoms with Gasteiger partial charge < -0.3 is 14.6 Å². The second kappa shape index (κ2) is 8.04. The van der Waals surface area contributed by atoms with Crippen molar-refractivity contribution in [3.63, 3.8) is 0 Å². The third-order valence-corrected chi connectivity index (χ3v) is 3.19. The van der Waals surface area contributed by atoms with Gasteiger partial charge >= 0.3 is 0 Å². The minimum absolute atomic E-state index is 0.0345. The molecule has 16 heavy (non-hydrogen) atoms. The second-order valence-electron chi connectivity index (χ2n) is 5.00. The van der Waals surface area contributed by atoms with Crippen LogP contribution in [0, 0.1) is 11.8 Å². The van der Waals surface area contributed by atoms with E-state index in [2.05, 4.69) is 13.8 Å². The molecule has 0 aliphatic carbocycles. The maximum Gasteiger partial charge on any atom is 0.0805 e. The van der Waals surface area contributed by atoms with Crippen molar-refractivity contribution in [2.45, 2.75) is 45.6 Å². The van der Waals surface area contributed by atoms with Crippen LogP contribution in [0.1, 0.15) is 39.5 Å². The van der Waals surface area contributed by atoms with Crippen LogP contribution in [0.3, 0.4) is 0 Å². The van der Waals surface area contributed by atoms with Crippen molar-refractivity contribution in [1.82, 2.24) is 0 Å². The van der Waals surface area contributed by atoms with E-state index in [-0.39, 0.29) is 12.7 Å². The summed E-state index contributed by atoms with van der Waals surface area (Å²) in [5.74, 6) is 1.29. The predicted molar refractivity (Wildman–Crippen MR) is 64.4 cm³/mol. The Morgan fingerprint density at radius 3 is 2.88 bits per heavy atom. The number of aliphatic hydroxyl groups is 1. The molecule has 0 saturated carbocycles. The molecule has 0 aromatic heterocycles. The Bertz CT molecular complexity index is 167. The van der Waals surface area contributed by atoms with Gasteiger partial charge in [-0.3, -0.25) is 0 Å². The molecular formula is C13H26O3. The zero-order valence-electron chi connectivity index (χ0n) is 10.7. The standard InChI is InChI=1S/C13H26O3/c1-3-4-13(8-14)16-9-11(2)7-12-5-6-15-10-12/h11-14H,3-10H2,1-2H3. The molecule has 0 radical (unpaired) electrons. The maximum absolute atomic E-state index is 9.11. The van der Waals surface area contributed by atoms with E-state index in [1.54, 1.807) is 0 Å². The predicted octanol–water partition coefficient (Wildman–Crippen LogP) is 2.23. The molecule has 3 unspecified atom stereocenters. The highest BCUT2D eigenvalue weighted by Crippen LogP contribution is 2.21. The van der Waals surface area contributed by atoms with Gasteiger partial charge in [-0.2, -0.15) is 0 Å². The summed E-state index contributed by atoms with van der Waals surface area (Å²) in [7, 11) is 0. The number of hydrogen-bond donors (Lipinski definition) is 1. The van der Waals surface area contributed by atoms with E-state index >= 15 is 0 Å². The highest BCUT2D eigenvalue weighted by atomic mass is 16.5. The first-order chi connectivity index (χ1) is 7.76. The fourth-order valence-corrected chi connectivity index (χ4v) is 2.26. The molecule has 0 amide bonds. The third-order valence-electron chi connectivity index (χ3n) is 3.19. The summed E-state index contributed by atoms with van der Waals surface area (Å²) in [4.78, 5) is 0. The molecule has 0 spiro atoms. The normalized spacial score (nSPS) is 24.6. The fraction of sp³-hybridized carbons (Fsp3) is 1.00. The van der Waals surface area contributed by atoms with Gasteiger partial charge in [-0.25, -0.2) is 0 Å². The van der Waals surface area contributed by atoms with Crippen molar-refractivity contribution in [2.24, 2.45) is 11.8 Å². The van der Waals surface area contributed by atoms with Gasteiger partial charge in [0, 0.05) is 19.8 Å². The van der Waals surface area contributed by atoms with Crippen LogP contribution in [0.15, 0.2) is 0 Å². The number of rotatable bonds is 8. The Kier molecular flexibility index (Phi) is 7.01. The van der Waals surface area contributed by atoms with E-state index in [4.69, 9.17) is 14.6 Å². The van der Waals surface area contributed by atoms with Crippen LogP contribution in [0.2, 0.25) is 0 Å². The van der Waals surface area contributed by atoms with Crippen molar-refractivity contribution >= 4 is 0 Å². The molecule has 3 heteroatoms. The molecule has 96 valence electrons. The highest BCUT2D eigenvalue weighted by Gasteiger charge is 2.19. The summed E-state index contributed by atoms with van der Waals surface area (Å²) in [6, 6.07) is 0. The minimum Gasteiger partial charge on any atom is -0.394 e. The largest absolute Gasteiger partial charge is 0.394 e. The highest BCUT2D eigenvalue weighted by molar-refractivity contribution is 4.68. The van der Waals surface area contributed by atoms with E-state index in [9.17, 15) is 0 Å². The monoisotopic (exact) mass is 230 g/mol. The van der Waals surface area contributed by atoms with Gasteiger partial charge in [-0.05, 0) is 31.1 Å². The lowest BCUT2D eigenvalue weighted by molar-refractivity contribution is -0.0102. The van der Waals surface area contributed by atoms with Crippen molar-refractivity contribution in [1.29, 1.82) is 0 Å². The van der Waals surface area contributed by atoms with Gasteiger partial charge in [-0.15, -0.1) is 0 Å². The Morgan fingerprint density at radius 2 is 2.31 bits per heavy atom. The fourth-order valence-electron chi connectivity index (χ4n) is 2.26. The van der Waals surface area contributed by atoms with Crippen LogP contribution in [0.4, 0.5) is 0 Å². The van der Waals surface area contributed by atoms with E-state index in [1.807, 2.05) is 0 Å². The molecule has 3 nitrogen and oxygen atoms in total. The number of aliphatic hydroxyl groups excluding tert-OH is 1. The topological polar surface area (TPSA) is 38.7 Å². The Morgan fingerprint density at radius 1 is 1.50 bits per heavy atom. The first-order valence-corrected chi connectivity index (χ1v) is 6.56. The van der Waals surface area contributed by atoms with Crippen LogP contribution in [0.5, 0.6) is 0 Å². The molecule has 0 aromatic carbocycles. The van der Waals surface area contributed by atoms with E-state index in [0.717, 1.165) is 38.6 Å². The van der Waals surface area contributed by atoms with E-state index in [1.165, 1.54) is 12.8 Å². The lowest BCUT2D eigenvalue weighted by Crippen LogP contribution is -2.21. The van der Waals surface area contributed by atoms with Crippen LogP contribution in [0.25, 0.3) is 0 Å². The number of ether oxygens (including phenoxy) is 2. The van der Waals surface area contributed by atoms with Gasteiger partial charge in [0.15, 0.2) is 0 Å². The molecule has 1 rings (SSSR count). The SMILES string of the molecule is CCCC(CO)OCC(C)CC1CCOC1. The van der Waals surface area contributed by atoms with E-state index in [0.29, 0.717) is 5.92 Å². The first kappa shape index (κ1) is 13.9. The average molecular weight is 230 g/mol. The summed E-state index contributed by atoms with van der Waals surface area (Å²) >= 11 is 0. The molecule has 0 bridgehead atoms. The lowest BCUT2D eigenvalue weighted by atomic mass is 9.96. The zero-order valence-corrected chi connectivity index (χ0v) is 10.7. The molecular weight excluding hydrogens is 204 g/mol. The minimum atomic E-state index is 0.0345. The van der Waals surface area contributed by atoms with Gasteiger partial charge in [0.05, 0.1) is 12.7 Å². The Balaban J connectivity index is 2.10. The molecule has 1 saturated heterocycles. The molecule has 3 atom stereocenters. The molecule has 0 aromatic rings. The van der Waals surface area contributed by atoms with Gasteiger partial charge in [0.25, 0.3) is 0 Å². The quantitative estimate of drug-likeness (QED) is 0.695. The van der Waals surface area contributed by atoms with Crippen LogP contribution < -0.4 is 0 Å². The van der Waals surface area contributed by atoms with Crippen molar-refractivity contribution in [2.75, 3.05) is 26.4 Å². The van der Waals surface area contributed by atoms with E-state index < -0.39 is 0 Å².